The molecule has 1 N–H and O–H groups in total. The van der Waals surface area contributed by atoms with Gasteiger partial charge in [-0.15, -0.1) is 0 Å². The summed E-state index contributed by atoms with van der Waals surface area (Å²) in [4.78, 5) is 28.0. The number of aromatic hydroxyl groups is 1. The summed E-state index contributed by atoms with van der Waals surface area (Å²) in [6.45, 7) is 3.52. The van der Waals surface area contributed by atoms with Crippen LogP contribution in [0, 0.1) is 11.3 Å². The number of carbonyl (C=O) groups excluding carboxylic acids is 1. The minimum absolute atomic E-state index is 0.0365. The summed E-state index contributed by atoms with van der Waals surface area (Å²) in [6, 6.07) is 8.48. The van der Waals surface area contributed by atoms with Crippen molar-refractivity contribution in [3.05, 3.63) is 69.3 Å². The highest BCUT2D eigenvalue weighted by atomic mass is 16.5. The van der Waals surface area contributed by atoms with Gasteiger partial charge >= 0.3 is 0 Å². The predicted octanol–water partition coefficient (Wildman–Crippen LogP) is 3.01. The Labute approximate surface area is 161 Å². The Morgan fingerprint density at radius 3 is 2.79 bits per heavy atom. The highest BCUT2D eigenvalue weighted by Gasteiger charge is 2.16. The highest BCUT2D eigenvalue weighted by molar-refractivity contribution is 5.97. The fourth-order valence-electron chi connectivity index (χ4n) is 2.97. The van der Waals surface area contributed by atoms with Gasteiger partial charge in [-0.3, -0.25) is 14.0 Å². The molecule has 2 aromatic heterocycles. The van der Waals surface area contributed by atoms with Gasteiger partial charge in [0.2, 0.25) is 0 Å². The summed E-state index contributed by atoms with van der Waals surface area (Å²) < 4.78 is 7.17. The number of phenols is 1. The SMILES string of the molecule is CCCc1c(OCc2ccc3ncc(C#N)c(=O)n3c2)ccc(C(C)=O)c1O. The summed E-state index contributed by atoms with van der Waals surface area (Å²) in [7, 11) is 0. The molecular weight excluding hydrogens is 358 g/mol. The third-order valence-corrected chi connectivity index (χ3v) is 4.40. The van der Waals surface area contributed by atoms with Crippen molar-refractivity contribution in [3.63, 3.8) is 0 Å². The van der Waals surface area contributed by atoms with Crippen molar-refractivity contribution in [3.8, 4) is 17.6 Å². The monoisotopic (exact) mass is 377 g/mol. The van der Waals surface area contributed by atoms with Gasteiger partial charge in [-0.1, -0.05) is 19.4 Å². The number of benzene rings is 1. The smallest absolute Gasteiger partial charge is 0.275 e. The molecule has 0 bridgehead atoms. The Morgan fingerprint density at radius 2 is 2.11 bits per heavy atom. The van der Waals surface area contributed by atoms with E-state index in [1.54, 1.807) is 30.5 Å². The lowest BCUT2D eigenvalue weighted by Crippen LogP contribution is -2.18. The summed E-state index contributed by atoms with van der Waals surface area (Å²) >= 11 is 0. The van der Waals surface area contributed by atoms with E-state index in [0.29, 0.717) is 28.9 Å². The molecule has 0 atom stereocenters. The van der Waals surface area contributed by atoms with Crippen LogP contribution in [0.3, 0.4) is 0 Å². The number of fused-ring (bicyclic) bond motifs is 1. The standard InChI is InChI=1S/C21H19N3O4/c1-3-4-17-18(7-6-16(13(2)25)20(17)26)28-12-14-5-8-19-23-10-15(9-22)21(27)24(19)11-14/h5-8,10-11,26H,3-4,12H2,1-2H3. The Hall–Kier alpha value is -3.66. The van der Waals surface area contributed by atoms with Gasteiger partial charge in [0.15, 0.2) is 5.78 Å². The molecule has 0 saturated heterocycles. The van der Waals surface area contributed by atoms with E-state index < -0.39 is 5.56 Å². The van der Waals surface area contributed by atoms with E-state index in [1.165, 1.54) is 17.5 Å². The number of rotatable bonds is 6. The minimum atomic E-state index is -0.440. The van der Waals surface area contributed by atoms with Crippen molar-refractivity contribution in [1.82, 2.24) is 9.38 Å². The molecule has 1 aromatic carbocycles. The second-order valence-corrected chi connectivity index (χ2v) is 6.39. The molecule has 0 radical (unpaired) electrons. The molecule has 7 nitrogen and oxygen atoms in total. The Morgan fingerprint density at radius 1 is 1.32 bits per heavy atom. The van der Waals surface area contributed by atoms with Crippen LogP contribution in [0.15, 0.2) is 41.5 Å². The molecule has 7 heteroatoms. The number of hydrogen-bond donors (Lipinski definition) is 1. The number of ketones is 1. The second kappa shape index (κ2) is 7.92. The zero-order valence-corrected chi connectivity index (χ0v) is 15.6. The largest absolute Gasteiger partial charge is 0.507 e. The number of aromatic nitrogens is 2. The molecule has 0 aliphatic heterocycles. The third-order valence-electron chi connectivity index (χ3n) is 4.40. The van der Waals surface area contributed by atoms with Crippen LogP contribution < -0.4 is 10.3 Å². The molecule has 3 rings (SSSR count). The molecule has 0 spiro atoms. The van der Waals surface area contributed by atoms with E-state index >= 15 is 0 Å². The first-order chi connectivity index (χ1) is 13.5. The lowest BCUT2D eigenvalue weighted by atomic mass is 10.0. The first kappa shape index (κ1) is 19.1. The summed E-state index contributed by atoms with van der Waals surface area (Å²) in [5, 5.41) is 19.4. The Balaban J connectivity index is 1.93. The van der Waals surface area contributed by atoms with Crippen molar-refractivity contribution < 1.29 is 14.6 Å². The van der Waals surface area contributed by atoms with Crippen LogP contribution in [0.4, 0.5) is 0 Å². The molecular formula is C21H19N3O4. The third kappa shape index (κ3) is 3.58. The van der Waals surface area contributed by atoms with Gasteiger partial charge in [0.25, 0.3) is 5.56 Å². The van der Waals surface area contributed by atoms with Gasteiger partial charge in [-0.2, -0.15) is 5.26 Å². The van der Waals surface area contributed by atoms with E-state index in [1.807, 2.05) is 13.0 Å². The number of pyridine rings is 1. The highest BCUT2D eigenvalue weighted by Crippen LogP contribution is 2.33. The molecule has 0 saturated carbocycles. The number of carbonyl (C=O) groups is 1. The lowest BCUT2D eigenvalue weighted by molar-refractivity contribution is 0.101. The first-order valence-corrected chi connectivity index (χ1v) is 8.85. The molecule has 28 heavy (non-hydrogen) atoms. The van der Waals surface area contributed by atoms with Crippen LogP contribution in [0.5, 0.6) is 11.5 Å². The number of Topliss-reactive ketones (excluding diaryl/α,β-unsaturated/α-hetero) is 1. The van der Waals surface area contributed by atoms with Crippen LogP contribution >= 0.6 is 0 Å². The number of hydrogen-bond acceptors (Lipinski definition) is 6. The van der Waals surface area contributed by atoms with Crippen LogP contribution in [0.1, 0.15) is 47.3 Å². The molecule has 0 amide bonds. The van der Waals surface area contributed by atoms with Gasteiger partial charge in [0.05, 0.1) is 11.8 Å². The van der Waals surface area contributed by atoms with Crippen LogP contribution in [-0.4, -0.2) is 20.3 Å². The van der Waals surface area contributed by atoms with E-state index in [9.17, 15) is 14.7 Å². The van der Waals surface area contributed by atoms with Crippen molar-refractivity contribution >= 4 is 11.4 Å². The average Bonchev–Trinajstić information content (AvgIpc) is 2.68. The molecule has 2 heterocycles. The quantitative estimate of drug-likeness (QED) is 0.662. The molecule has 3 aromatic rings. The van der Waals surface area contributed by atoms with Gasteiger partial charge < -0.3 is 9.84 Å². The molecule has 0 aliphatic carbocycles. The summed E-state index contributed by atoms with van der Waals surface area (Å²) in [5.74, 6) is 0.223. The van der Waals surface area contributed by atoms with Crippen molar-refractivity contribution in [1.29, 1.82) is 5.26 Å². The summed E-state index contributed by atoms with van der Waals surface area (Å²) in [5.41, 5.74) is 1.51. The van der Waals surface area contributed by atoms with Crippen molar-refractivity contribution in [2.24, 2.45) is 0 Å². The Kier molecular flexibility index (Phi) is 5.41. The molecule has 0 aliphatic rings. The second-order valence-electron chi connectivity index (χ2n) is 6.39. The fourth-order valence-corrected chi connectivity index (χ4v) is 2.97. The molecule has 142 valence electrons. The zero-order chi connectivity index (χ0) is 20.3. The van der Waals surface area contributed by atoms with Crippen molar-refractivity contribution in [2.45, 2.75) is 33.3 Å². The lowest BCUT2D eigenvalue weighted by Gasteiger charge is -2.15. The number of phenolic OH excluding ortho intramolecular Hbond substituents is 1. The predicted molar refractivity (Wildman–Crippen MR) is 103 cm³/mol. The maximum absolute atomic E-state index is 12.3. The summed E-state index contributed by atoms with van der Waals surface area (Å²) in [6.07, 6.45) is 4.17. The van der Waals surface area contributed by atoms with Gasteiger partial charge in [-0.25, -0.2) is 4.98 Å². The zero-order valence-electron chi connectivity index (χ0n) is 15.6. The van der Waals surface area contributed by atoms with Crippen LogP contribution in [0.25, 0.3) is 5.65 Å². The van der Waals surface area contributed by atoms with Crippen LogP contribution in [0.2, 0.25) is 0 Å². The maximum Gasteiger partial charge on any atom is 0.275 e. The maximum atomic E-state index is 12.3. The average molecular weight is 377 g/mol. The first-order valence-electron chi connectivity index (χ1n) is 8.85. The number of nitrogens with zero attached hydrogens (tertiary/aromatic N) is 3. The topological polar surface area (TPSA) is 105 Å². The van der Waals surface area contributed by atoms with Gasteiger partial charge in [-0.05, 0) is 31.5 Å². The normalized spacial score (nSPS) is 10.6. The van der Waals surface area contributed by atoms with E-state index in [0.717, 1.165) is 6.42 Å². The van der Waals surface area contributed by atoms with Crippen molar-refractivity contribution in [2.75, 3.05) is 0 Å². The van der Waals surface area contributed by atoms with Gasteiger partial charge in [0.1, 0.15) is 35.4 Å². The van der Waals surface area contributed by atoms with E-state index in [-0.39, 0.29) is 29.3 Å². The van der Waals surface area contributed by atoms with Gasteiger partial charge in [0, 0.05) is 17.3 Å². The van der Waals surface area contributed by atoms with E-state index in [4.69, 9.17) is 10.00 Å². The number of nitriles is 1. The number of ether oxygens (including phenoxy) is 1. The fraction of sp³-hybridized carbons (Fsp3) is 0.238. The van der Waals surface area contributed by atoms with Crippen LogP contribution in [-0.2, 0) is 13.0 Å². The molecule has 0 fully saturated rings. The van der Waals surface area contributed by atoms with E-state index in [2.05, 4.69) is 4.98 Å². The Bertz CT molecular complexity index is 1160. The molecule has 0 unspecified atom stereocenters. The minimum Gasteiger partial charge on any atom is -0.507 e.